The average molecular weight is 387 g/mol. The first kappa shape index (κ1) is 17.7. The number of amides is 1. The van der Waals surface area contributed by atoms with E-state index in [-0.39, 0.29) is 11.5 Å². The third kappa shape index (κ3) is 3.01. The molecule has 5 rings (SSSR count). The van der Waals surface area contributed by atoms with E-state index >= 15 is 0 Å². The number of hydrogen-bond acceptors (Lipinski definition) is 4. The first-order valence-electron chi connectivity index (χ1n) is 9.80. The molecule has 2 aromatic heterocycles. The van der Waals surface area contributed by atoms with Gasteiger partial charge in [-0.2, -0.15) is 0 Å². The van der Waals surface area contributed by atoms with Gasteiger partial charge in [-0.15, -0.1) is 0 Å². The lowest BCUT2D eigenvalue weighted by Crippen LogP contribution is -2.28. The number of aromatic amines is 1. The van der Waals surface area contributed by atoms with Gasteiger partial charge in [0, 0.05) is 12.6 Å². The largest absolute Gasteiger partial charge is 0.493 e. The van der Waals surface area contributed by atoms with Crippen molar-refractivity contribution in [1.29, 1.82) is 0 Å². The third-order valence-corrected chi connectivity index (χ3v) is 5.84. The molecule has 1 saturated carbocycles. The summed E-state index contributed by atoms with van der Waals surface area (Å²) in [5, 5.41) is 2.97. The highest BCUT2D eigenvalue weighted by Gasteiger charge is 2.51. The van der Waals surface area contributed by atoms with Gasteiger partial charge in [-0.1, -0.05) is 18.2 Å². The van der Waals surface area contributed by atoms with Crippen LogP contribution in [-0.4, -0.2) is 22.5 Å². The Balaban J connectivity index is 1.43. The molecule has 0 radical (unpaired) electrons. The van der Waals surface area contributed by atoms with Gasteiger partial charge >= 0.3 is 0 Å². The van der Waals surface area contributed by atoms with Crippen LogP contribution >= 0.6 is 0 Å². The highest BCUT2D eigenvalue weighted by atomic mass is 16.5. The zero-order valence-corrected chi connectivity index (χ0v) is 16.1. The van der Waals surface area contributed by atoms with E-state index in [0.29, 0.717) is 23.7 Å². The second kappa shape index (κ2) is 6.58. The number of rotatable bonds is 4. The van der Waals surface area contributed by atoms with E-state index < -0.39 is 5.41 Å². The molecule has 2 N–H and O–H groups in total. The summed E-state index contributed by atoms with van der Waals surface area (Å²) in [6, 6.07) is 13.2. The van der Waals surface area contributed by atoms with Crippen LogP contribution < -0.4 is 15.6 Å². The number of benzene rings is 1. The Morgan fingerprint density at radius 2 is 2.07 bits per heavy atom. The number of fused-ring (bicyclic) bond motifs is 1. The number of pyridine rings is 2. The maximum Gasteiger partial charge on any atom is 0.257 e. The Hall–Kier alpha value is -3.41. The maximum absolute atomic E-state index is 13.1. The van der Waals surface area contributed by atoms with Gasteiger partial charge in [0.1, 0.15) is 11.6 Å². The van der Waals surface area contributed by atoms with Gasteiger partial charge in [0.25, 0.3) is 5.56 Å². The van der Waals surface area contributed by atoms with Crippen molar-refractivity contribution in [1.82, 2.24) is 9.97 Å². The number of anilines is 1. The number of carbonyl (C=O) groups is 1. The Kier molecular flexibility index (Phi) is 4.01. The number of hydrogen-bond donors (Lipinski definition) is 2. The van der Waals surface area contributed by atoms with E-state index in [2.05, 4.69) is 21.4 Å². The lowest BCUT2D eigenvalue weighted by atomic mass is 9.93. The number of carbonyl (C=O) groups excluding carboxylic acids is 1. The smallest absolute Gasteiger partial charge is 0.257 e. The molecule has 1 aliphatic heterocycles. The SMILES string of the molecule is Cc1ccc(NC(=O)C2(c3ccc4c(c3)CCO4)CC2)nc1-c1ccc[nH]c1=O. The number of aryl methyl sites for hydroxylation is 1. The second-order valence-electron chi connectivity index (χ2n) is 7.73. The topological polar surface area (TPSA) is 84.1 Å². The molecular weight excluding hydrogens is 366 g/mol. The monoisotopic (exact) mass is 387 g/mol. The van der Waals surface area contributed by atoms with Crippen molar-refractivity contribution in [3.8, 4) is 17.0 Å². The predicted octanol–water partition coefficient (Wildman–Crippen LogP) is 3.35. The Morgan fingerprint density at radius 1 is 1.21 bits per heavy atom. The Labute approximate surface area is 168 Å². The van der Waals surface area contributed by atoms with E-state index in [0.717, 1.165) is 36.1 Å². The summed E-state index contributed by atoms with van der Waals surface area (Å²) >= 11 is 0. The summed E-state index contributed by atoms with van der Waals surface area (Å²) in [7, 11) is 0. The third-order valence-electron chi connectivity index (χ3n) is 5.84. The Morgan fingerprint density at radius 3 is 2.86 bits per heavy atom. The first-order valence-corrected chi connectivity index (χ1v) is 9.80. The van der Waals surface area contributed by atoms with Crippen molar-refractivity contribution >= 4 is 11.7 Å². The molecule has 6 nitrogen and oxygen atoms in total. The number of aromatic nitrogens is 2. The summed E-state index contributed by atoms with van der Waals surface area (Å²) in [5.74, 6) is 1.32. The molecular formula is C23H21N3O3. The molecule has 3 heterocycles. The van der Waals surface area contributed by atoms with Crippen molar-refractivity contribution in [2.45, 2.75) is 31.6 Å². The van der Waals surface area contributed by atoms with Crippen molar-refractivity contribution in [3.05, 3.63) is 75.7 Å². The van der Waals surface area contributed by atoms with E-state index in [1.165, 1.54) is 5.56 Å². The summed E-state index contributed by atoms with van der Waals surface area (Å²) in [5.41, 5.74) is 3.43. The second-order valence-corrected chi connectivity index (χ2v) is 7.73. The van der Waals surface area contributed by atoms with Crippen molar-refractivity contribution < 1.29 is 9.53 Å². The molecule has 0 saturated heterocycles. The average Bonchev–Trinajstić information content (AvgIpc) is 3.41. The van der Waals surface area contributed by atoms with Crippen LogP contribution in [0.3, 0.4) is 0 Å². The lowest BCUT2D eigenvalue weighted by Gasteiger charge is -2.17. The fourth-order valence-corrected chi connectivity index (χ4v) is 3.97. The van der Waals surface area contributed by atoms with Gasteiger partial charge < -0.3 is 15.0 Å². The summed E-state index contributed by atoms with van der Waals surface area (Å²) in [6.45, 7) is 2.60. The summed E-state index contributed by atoms with van der Waals surface area (Å²) in [4.78, 5) is 32.5. The minimum absolute atomic E-state index is 0.0550. The van der Waals surface area contributed by atoms with Crippen LogP contribution in [0.25, 0.3) is 11.3 Å². The van der Waals surface area contributed by atoms with Crippen LogP contribution in [0.15, 0.2) is 53.5 Å². The van der Waals surface area contributed by atoms with E-state index in [1.807, 2.05) is 25.1 Å². The van der Waals surface area contributed by atoms with Gasteiger partial charge in [0.05, 0.1) is 23.3 Å². The number of ether oxygens (including phenoxy) is 1. The quantitative estimate of drug-likeness (QED) is 0.719. The zero-order valence-electron chi connectivity index (χ0n) is 16.1. The van der Waals surface area contributed by atoms with Crippen molar-refractivity contribution in [3.63, 3.8) is 0 Å². The van der Waals surface area contributed by atoms with Crippen LogP contribution in [0, 0.1) is 6.92 Å². The molecule has 29 heavy (non-hydrogen) atoms. The Bertz CT molecular complexity index is 1180. The number of nitrogens with one attached hydrogen (secondary N) is 2. The highest BCUT2D eigenvalue weighted by Crippen LogP contribution is 2.50. The predicted molar refractivity (Wildman–Crippen MR) is 110 cm³/mol. The molecule has 6 heteroatoms. The minimum atomic E-state index is -0.505. The van der Waals surface area contributed by atoms with Crippen LogP contribution in [0.1, 0.15) is 29.5 Å². The van der Waals surface area contributed by atoms with Gasteiger partial charge in [-0.3, -0.25) is 9.59 Å². The fraction of sp³-hybridized carbons (Fsp3) is 0.261. The number of H-pyrrole nitrogens is 1. The first-order chi connectivity index (χ1) is 14.1. The van der Waals surface area contributed by atoms with Crippen LogP contribution in [-0.2, 0) is 16.6 Å². The van der Waals surface area contributed by atoms with Crippen LogP contribution in [0.4, 0.5) is 5.82 Å². The van der Waals surface area contributed by atoms with Crippen molar-refractivity contribution in [2.75, 3.05) is 11.9 Å². The summed E-state index contributed by atoms with van der Waals surface area (Å²) in [6.07, 6.45) is 4.10. The molecule has 1 amide bonds. The molecule has 2 aliphatic rings. The van der Waals surface area contributed by atoms with Gasteiger partial charge in [-0.05, 0) is 60.7 Å². The van der Waals surface area contributed by atoms with E-state index in [1.54, 1.807) is 24.4 Å². The number of nitrogens with zero attached hydrogens (tertiary/aromatic N) is 1. The highest BCUT2D eigenvalue weighted by molar-refractivity contribution is 6.01. The maximum atomic E-state index is 13.1. The van der Waals surface area contributed by atoms with Crippen LogP contribution in [0.2, 0.25) is 0 Å². The fourth-order valence-electron chi connectivity index (χ4n) is 3.97. The molecule has 1 fully saturated rings. The van der Waals surface area contributed by atoms with Gasteiger partial charge in [-0.25, -0.2) is 4.98 Å². The molecule has 0 unspecified atom stereocenters. The summed E-state index contributed by atoms with van der Waals surface area (Å²) < 4.78 is 5.58. The normalized spacial score (nSPS) is 16.0. The minimum Gasteiger partial charge on any atom is -0.493 e. The van der Waals surface area contributed by atoms with E-state index in [9.17, 15) is 9.59 Å². The van der Waals surface area contributed by atoms with Crippen LogP contribution in [0.5, 0.6) is 5.75 Å². The van der Waals surface area contributed by atoms with E-state index in [4.69, 9.17) is 4.74 Å². The van der Waals surface area contributed by atoms with Gasteiger partial charge in [0.15, 0.2) is 0 Å². The van der Waals surface area contributed by atoms with Gasteiger partial charge in [0.2, 0.25) is 5.91 Å². The molecule has 0 spiro atoms. The molecule has 0 bridgehead atoms. The zero-order chi connectivity index (χ0) is 20.0. The molecule has 1 aliphatic carbocycles. The molecule has 1 aromatic carbocycles. The lowest BCUT2D eigenvalue weighted by molar-refractivity contribution is -0.118. The van der Waals surface area contributed by atoms with Crippen molar-refractivity contribution in [2.24, 2.45) is 0 Å². The standard InChI is InChI=1S/C23H21N3O3/c1-14-4-7-19(25-20(14)17-3-2-11-24-21(17)27)26-22(28)23(9-10-23)16-5-6-18-15(13-16)8-12-29-18/h2-7,11,13H,8-10,12H2,1H3,(H,24,27)(H,25,26,28). The molecule has 146 valence electrons. The molecule has 3 aromatic rings. The molecule has 0 atom stereocenters.